The second-order valence-electron chi connectivity index (χ2n) is 7.63. The minimum absolute atomic E-state index is 0.0541. The van der Waals surface area contributed by atoms with E-state index < -0.39 is 12.1 Å². The lowest BCUT2D eigenvalue weighted by Gasteiger charge is -2.17. The number of alkyl halides is 3. The van der Waals surface area contributed by atoms with Crippen LogP contribution < -0.4 is 5.32 Å². The fraction of sp³-hybridized carbons (Fsp3) is 0.348. The van der Waals surface area contributed by atoms with Crippen molar-refractivity contribution in [1.29, 1.82) is 0 Å². The summed E-state index contributed by atoms with van der Waals surface area (Å²) in [5, 5.41) is 24.9. The number of carboxylic acids is 1. The second kappa shape index (κ2) is 11.6. The number of rotatable bonds is 7. The number of halogens is 3. The maximum absolute atomic E-state index is 10.6. The predicted octanol–water partition coefficient (Wildman–Crippen LogP) is 4.16. The van der Waals surface area contributed by atoms with Gasteiger partial charge in [0, 0.05) is 30.7 Å². The fourth-order valence-electron chi connectivity index (χ4n) is 2.93. The summed E-state index contributed by atoms with van der Waals surface area (Å²) in [7, 11) is 0. The Balaban J connectivity index is 0.000000479. The van der Waals surface area contributed by atoms with Crippen molar-refractivity contribution in [2.45, 2.75) is 45.5 Å². The smallest absolute Gasteiger partial charge is 0.475 e. The van der Waals surface area contributed by atoms with Crippen LogP contribution in [-0.2, 0) is 11.3 Å². The third-order valence-electron chi connectivity index (χ3n) is 4.90. The van der Waals surface area contributed by atoms with Gasteiger partial charge in [-0.3, -0.25) is 4.98 Å². The van der Waals surface area contributed by atoms with Gasteiger partial charge in [-0.15, -0.1) is 0 Å². The van der Waals surface area contributed by atoms with Gasteiger partial charge in [0.25, 0.3) is 0 Å². The molecule has 1 unspecified atom stereocenters. The number of nitrogens with one attached hydrogen (secondary N) is 1. The summed E-state index contributed by atoms with van der Waals surface area (Å²) >= 11 is 0. The highest BCUT2D eigenvalue weighted by Gasteiger charge is 2.38. The molecule has 0 radical (unpaired) electrons. The molecule has 3 N–H and O–H groups in total. The lowest BCUT2D eigenvalue weighted by molar-refractivity contribution is -0.192. The predicted molar refractivity (Wildman–Crippen MR) is 117 cm³/mol. The van der Waals surface area contributed by atoms with E-state index in [1.165, 1.54) is 5.56 Å². The number of aromatic nitrogens is 3. The molecule has 1 aromatic carbocycles. The summed E-state index contributed by atoms with van der Waals surface area (Å²) in [6.07, 6.45) is 0.452. The average molecular weight is 464 g/mol. The number of aryl methyl sites for hydroxylation is 1. The van der Waals surface area contributed by atoms with Crippen molar-refractivity contribution in [1.82, 2.24) is 20.1 Å². The molecular weight excluding hydrogens is 437 g/mol. The standard InChI is InChI=1S/C21H26N4O.C2HF3O2/c1-15(2)17-4-6-18(7-5-17)21(14-26)23-12-19-13-25(24-16(19)3)20-8-10-22-11-9-20;3-2(4,5)1(6)7/h4-11,13,15,21,23,26H,12,14H2,1-3H3;(H,6,7). The van der Waals surface area contributed by atoms with Gasteiger partial charge in [0.1, 0.15) is 0 Å². The van der Waals surface area contributed by atoms with Crippen LogP contribution in [0.5, 0.6) is 0 Å². The van der Waals surface area contributed by atoms with Crippen LogP contribution in [-0.4, -0.2) is 43.7 Å². The van der Waals surface area contributed by atoms with Crippen LogP contribution in [0, 0.1) is 6.92 Å². The number of aliphatic hydroxyl groups is 1. The summed E-state index contributed by atoms with van der Waals surface area (Å²) < 4.78 is 33.6. The Morgan fingerprint density at radius 2 is 1.64 bits per heavy atom. The van der Waals surface area contributed by atoms with Crippen LogP contribution in [0.4, 0.5) is 13.2 Å². The Labute approximate surface area is 189 Å². The Morgan fingerprint density at radius 1 is 1.09 bits per heavy atom. The van der Waals surface area contributed by atoms with E-state index in [2.05, 4.69) is 53.5 Å². The molecule has 2 aromatic heterocycles. The number of carboxylic acid groups (broad SMARTS) is 1. The maximum Gasteiger partial charge on any atom is 0.490 e. The molecule has 3 aromatic rings. The van der Waals surface area contributed by atoms with Crippen molar-refractivity contribution in [3.8, 4) is 5.69 Å². The Kier molecular flexibility index (Phi) is 9.12. The van der Waals surface area contributed by atoms with Crippen molar-refractivity contribution in [3.63, 3.8) is 0 Å². The van der Waals surface area contributed by atoms with E-state index in [4.69, 9.17) is 9.90 Å². The molecule has 33 heavy (non-hydrogen) atoms. The van der Waals surface area contributed by atoms with Gasteiger partial charge >= 0.3 is 12.1 Å². The number of hydrogen-bond acceptors (Lipinski definition) is 5. The average Bonchev–Trinajstić information content (AvgIpc) is 3.15. The third kappa shape index (κ3) is 7.69. The first-order chi connectivity index (χ1) is 15.5. The lowest BCUT2D eigenvalue weighted by Crippen LogP contribution is -2.24. The first kappa shape index (κ1) is 26.0. The molecule has 0 saturated heterocycles. The van der Waals surface area contributed by atoms with Crippen LogP contribution in [0.1, 0.15) is 48.2 Å². The zero-order valence-corrected chi connectivity index (χ0v) is 18.5. The van der Waals surface area contributed by atoms with Crippen LogP contribution >= 0.6 is 0 Å². The molecule has 0 saturated carbocycles. The summed E-state index contributed by atoms with van der Waals surface area (Å²) in [5.74, 6) is -2.25. The van der Waals surface area contributed by atoms with E-state index in [9.17, 15) is 18.3 Å². The van der Waals surface area contributed by atoms with Gasteiger partial charge in [-0.05, 0) is 36.1 Å². The number of hydrogen-bond donors (Lipinski definition) is 3. The van der Waals surface area contributed by atoms with Crippen LogP contribution in [0.25, 0.3) is 5.69 Å². The molecule has 7 nitrogen and oxygen atoms in total. The van der Waals surface area contributed by atoms with E-state index in [0.29, 0.717) is 12.5 Å². The van der Waals surface area contributed by atoms with Crippen molar-refractivity contribution in [3.05, 3.63) is 77.4 Å². The summed E-state index contributed by atoms with van der Waals surface area (Å²) in [6, 6.07) is 12.2. The van der Waals surface area contributed by atoms with E-state index >= 15 is 0 Å². The molecule has 2 heterocycles. The molecule has 0 bridgehead atoms. The Morgan fingerprint density at radius 3 is 2.12 bits per heavy atom. The Bertz CT molecular complexity index is 1020. The van der Waals surface area contributed by atoms with Gasteiger partial charge in [0.15, 0.2) is 0 Å². The Hall–Kier alpha value is -3.24. The highest BCUT2D eigenvalue weighted by atomic mass is 19.4. The molecular formula is C23H27F3N4O3. The van der Waals surface area contributed by atoms with E-state index in [0.717, 1.165) is 22.5 Å². The highest BCUT2D eigenvalue weighted by molar-refractivity contribution is 5.73. The van der Waals surface area contributed by atoms with Crippen molar-refractivity contribution >= 4 is 5.97 Å². The number of pyridine rings is 1. The van der Waals surface area contributed by atoms with Crippen LogP contribution in [0.2, 0.25) is 0 Å². The minimum atomic E-state index is -5.08. The number of benzene rings is 1. The zero-order valence-electron chi connectivity index (χ0n) is 18.5. The molecule has 0 aliphatic carbocycles. The molecule has 0 spiro atoms. The molecule has 0 amide bonds. The SMILES string of the molecule is Cc1nn(-c2ccncc2)cc1CNC(CO)c1ccc(C(C)C)cc1.O=C(O)C(F)(F)F. The molecule has 0 aliphatic rings. The second-order valence-corrected chi connectivity index (χ2v) is 7.63. The van der Waals surface area contributed by atoms with Crippen molar-refractivity contribution in [2.24, 2.45) is 0 Å². The van der Waals surface area contributed by atoms with Crippen molar-refractivity contribution in [2.75, 3.05) is 6.61 Å². The van der Waals surface area contributed by atoms with Gasteiger partial charge in [0.05, 0.1) is 24.0 Å². The quantitative estimate of drug-likeness (QED) is 0.486. The monoisotopic (exact) mass is 464 g/mol. The topological polar surface area (TPSA) is 100 Å². The molecule has 3 rings (SSSR count). The van der Waals surface area contributed by atoms with Gasteiger partial charge in [-0.1, -0.05) is 38.1 Å². The van der Waals surface area contributed by atoms with E-state index in [1.807, 2.05) is 29.9 Å². The molecule has 0 aliphatic heterocycles. The number of nitrogens with zero attached hydrogens (tertiary/aromatic N) is 3. The van der Waals surface area contributed by atoms with E-state index in [-0.39, 0.29) is 12.6 Å². The first-order valence-corrected chi connectivity index (χ1v) is 10.2. The minimum Gasteiger partial charge on any atom is -0.475 e. The largest absolute Gasteiger partial charge is 0.490 e. The summed E-state index contributed by atoms with van der Waals surface area (Å²) in [5.41, 5.74) is 5.47. The van der Waals surface area contributed by atoms with Crippen LogP contribution in [0.15, 0.2) is 55.0 Å². The highest BCUT2D eigenvalue weighted by Crippen LogP contribution is 2.20. The zero-order chi connectivity index (χ0) is 24.6. The van der Waals surface area contributed by atoms with Gasteiger partial charge < -0.3 is 15.5 Å². The number of aliphatic carboxylic acids is 1. The number of carbonyl (C=O) groups is 1. The summed E-state index contributed by atoms with van der Waals surface area (Å²) in [6.45, 7) is 7.06. The van der Waals surface area contributed by atoms with Gasteiger partial charge in [-0.2, -0.15) is 18.3 Å². The molecule has 10 heteroatoms. The lowest BCUT2D eigenvalue weighted by atomic mass is 9.99. The molecule has 178 valence electrons. The van der Waals surface area contributed by atoms with Gasteiger partial charge in [-0.25, -0.2) is 9.48 Å². The van der Waals surface area contributed by atoms with Crippen molar-refractivity contribution < 1.29 is 28.2 Å². The molecule has 0 fully saturated rings. The summed E-state index contributed by atoms with van der Waals surface area (Å²) in [4.78, 5) is 12.9. The molecule has 1 atom stereocenters. The van der Waals surface area contributed by atoms with E-state index in [1.54, 1.807) is 12.4 Å². The first-order valence-electron chi connectivity index (χ1n) is 10.2. The number of aliphatic hydroxyl groups excluding tert-OH is 1. The van der Waals surface area contributed by atoms with Crippen LogP contribution in [0.3, 0.4) is 0 Å². The maximum atomic E-state index is 10.6. The fourth-order valence-corrected chi connectivity index (χ4v) is 2.93. The normalized spacial score (nSPS) is 12.2. The third-order valence-corrected chi connectivity index (χ3v) is 4.90. The van der Waals surface area contributed by atoms with Gasteiger partial charge in [0.2, 0.25) is 0 Å².